The molecule has 1 aliphatic carbocycles. The fraction of sp³-hybridized carbons (Fsp3) is 0.650. The summed E-state index contributed by atoms with van der Waals surface area (Å²) in [6.07, 6.45) is 13.2. The van der Waals surface area contributed by atoms with Gasteiger partial charge in [0.1, 0.15) is 0 Å². The van der Waals surface area contributed by atoms with E-state index in [-0.39, 0.29) is 5.91 Å². The van der Waals surface area contributed by atoms with E-state index in [1.165, 1.54) is 24.3 Å². The standard InChI is InChI=1S/C11H14S.C9H18N2O/c1-2-12-11-9-7-5-3-4-6-8-10-11;1-8(12)10-6-5-9-4-3-7-11(9)2/h5,7,9H,2-4,10H2,1H3;9H,3-7H2,1-2H3,(H,10,12)/b7-5-,11-9+;. The second kappa shape index (κ2) is 13.1. The first kappa shape index (κ1) is 20.9. The van der Waals surface area contributed by atoms with Gasteiger partial charge in [-0.3, -0.25) is 4.79 Å². The largest absolute Gasteiger partial charge is 0.356 e. The van der Waals surface area contributed by atoms with Crippen LogP contribution in [0.2, 0.25) is 0 Å². The summed E-state index contributed by atoms with van der Waals surface area (Å²) < 4.78 is 0. The van der Waals surface area contributed by atoms with E-state index >= 15 is 0 Å². The average Bonchev–Trinajstić information content (AvgIpc) is 2.99. The Bertz CT molecular complexity index is 488. The van der Waals surface area contributed by atoms with Crippen molar-refractivity contribution < 1.29 is 4.79 Å². The molecule has 134 valence electrons. The van der Waals surface area contributed by atoms with Crippen molar-refractivity contribution in [3.63, 3.8) is 0 Å². The number of rotatable bonds is 5. The molecular weight excluding hydrogens is 316 g/mol. The lowest BCUT2D eigenvalue weighted by Gasteiger charge is -2.18. The topological polar surface area (TPSA) is 32.3 Å². The van der Waals surface area contributed by atoms with Crippen LogP contribution in [0.1, 0.15) is 52.4 Å². The Hall–Kier alpha value is -1.18. The quantitative estimate of drug-likeness (QED) is 0.763. The van der Waals surface area contributed by atoms with Crippen LogP contribution in [0.3, 0.4) is 0 Å². The third kappa shape index (κ3) is 9.85. The summed E-state index contributed by atoms with van der Waals surface area (Å²) in [5, 5.41) is 2.83. The lowest BCUT2D eigenvalue weighted by atomic mass is 10.1. The Morgan fingerprint density at radius 3 is 2.96 bits per heavy atom. The van der Waals surface area contributed by atoms with Crippen molar-refractivity contribution in [1.29, 1.82) is 0 Å². The number of likely N-dealkylation sites (tertiary alicyclic amines) is 1. The lowest BCUT2D eigenvalue weighted by Crippen LogP contribution is -2.30. The number of carbonyl (C=O) groups excluding carboxylic acids is 1. The van der Waals surface area contributed by atoms with Crippen molar-refractivity contribution in [1.82, 2.24) is 10.2 Å². The van der Waals surface area contributed by atoms with E-state index < -0.39 is 0 Å². The normalized spacial score (nSPS) is 24.0. The molecule has 0 saturated carbocycles. The van der Waals surface area contributed by atoms with E-state index in [9.17, 15) is 4.79 Å². The molecule has 1 N–H and O–H groups in total. The molecule has 0 aromatic carbocycles. The predicted molar refractivity (Wildman–Crippen MR) is 106 cm³/mol. The van der Waals surface area contributed by atoms with E-state index in [2.05, 4.69) is 54.3 Å². The fourth-order valence-corrected chi connectivity index (χ4v) is 3.49. The summed E-state index contributed by atoms with van der Waals surface area (Å²) in [4.78, 5) is 14.3. The second-order valence-corrected chi connectivity index (χ2v) is 7.50. The number of hydrogen-bond donors (Lipinski definition) is 1. The molecule has 0 aromatic rings. The van der Waals surface area contributed by atoms with Crippen LogP contribution in [0.15, 0.2) is 23.1 Å². The Balaban J connectivity index is 0.000000240. The highest BCUT2D eigenvalue weighted by Gasteiger charge is 2.19. The molecule has 0 spiro atoms. The molecule has 1 heterocycles. The van der Waals surface area contributed by atoms with Gasteiger partial charge in [0.05, 0.1) is 0 Å². The van der Waals surface area contributed by atoms with Crippen molar-refractivity contribution in [3.05, 3.63) is 23.1 Å². The molecule has 0 bridgehead atoms. The van der Waals surface area contributed by atoms with Crippen LogP contribution in [-0.2, 0) is 4.79 Å². The first-order valence-electron chi connectivity index (χ1n) is 9.02. The van der Waals surface area contributed by atoms with Crippen LogP contribution in [0.4, 0.5) is 0 Å². The molecule has 1 amide bonds. The summed E-state index contributed by atoms with van der Waals surface area (Å²) >= 11 is 1.89. The third-order valence-electron chi connectivity index (χ3n) is 4.09. The molecule has 2 aliphatic rings. The van der Waals surface area contributed by atoms with Crippen LogP contribution in [0, 0.1) is 11.8 Å². The first-order valence-corrected chi connectivity index (χ1v) is 10.0. The molecule has 1 atom stereocenters. The summed E-state index contributed by atoms with van der Waals surface area (Å²) in [5.41, 5.74) is 0. The summed E-state index contributed by atoms with van der Waals surface area (Å²) in [6, 6.07) is 0.692. The summed E-state index contributed by atoms with van der Waals surface area (Å²) in [5.74, 6) is 7.56. The molecule has 1 fully saturated rings. The van der Waals surface area contributed by atoms with Crippen LogP contribution >= 0.6 is 11.8 Å². The van der Waals surface area contributed by atoms with Crippen LogP contribution in [0.25, 0.3) is 0 Å². The van der Waals surface area contributed by atoms with Crippen molar-refractivity contribution in [3.8, 4) is 11.8 Å². The zero-order chi connectivity index (χ0) is 17.6. The van der Waals surface area contributed by atoms with Crippen molar-refractivity contribution in [2.45, 2.75) is 58.4 Å². The molecule has 0 aromatic heterocycles. The van der Waals surface area contributed by atoms with Gasteiger partial charge in [-0.25, -0.2) is 0 Å². The number of amides is 1. The molecule has 1 aliphatic heterocycles. The molecule has 3 nitrogen and oxygen atoms in total. The van der Waals surface area contributed by atoms with Gasteiger partial charge in [-0.05, 0) is 49.9 Å². The number of allylic oxidation sites excluding steroid dienone is 4. The maximum Gasteiger partial charge on any atom is 0.216 e. The molecular formula is C20H32N2OS. The van der Waals surface area contributed by atoms with Gasteiger partial charge in [-0.15, -0.1) is 17.7 Å². The number of nitrogens with zero attached hydrogens (tertiary/aromatic N) is 1. The minimum absolute atomic E-state index is 0.0793. The van der Waals surface area contributed by atoms with E-state index in [1.807, 2.05) is 11.8 Å². The van der Waals surface area contributed by atoms with Gasteiger partial charge in [-0.2, -0.15) is 0 Å². The fourth-order valence-electron chi connectivity index (χ4n) is 2.77. The van der Waals surface area contributed by atoms with Gasteiger partial charge in [0.25, 0.3) is 0 Å². The molecule has 4 heteroatoms. The highest BCUT2D eigenvalue weighted by atomic mass is 32.2. The number of nitrogens with one attached hydrogen (secondary N) is 1. The average molecular weight is 349 g/mol. The third-order valence-corrected chi connectivity index (χ3v) is 5.03. The minimum Gasteiger partial charge on any atom is -0.356 e. The maximum absolute atomic E-state index is 10.6. The predicted octanol–water partition coefficient (Wildman–Crippen LogP) is 3.97. The van der Waals surface area contributed by atoms with Crippen LogP contribution < -0.4 is 5.32 Å². The van der Waals surface area contributed by atoms with Gasteiger partial charge in [0.15, 0.2) is 0 Å². The van der Waals surface area contributed by atoms with E-state index in [0.29, 0.717) is 6.04 Å². The monoisotopic (exact) mass is 348 g/mol. The zero-order valence-corrected chi connectivity index (χ0v) is 16.3. The van der Waals surface area contributed by atoms with Gasteiger partial charge in [0, 0.05) is 32.4 Å². The maximum atomic E-state index is 10.6. The van der Waals surface area contributed by atoms with Gasteiger partial charge < -0.3 is 10.2 Å². The molecule has 1 unspecified atom stereocenters. The van der Waals surface area contributed by atoms with Gasteiger partial charge in [-0.1, -0.05) is 31.1 Å². The second-order valence-electron chi connectivity index (χ2n) is 6.11. The molecule has 0 radical (unpaired) electrons. The molecule has 1 saturated heterocycles. The highest BCUT2D eigenvalue weighted by molar-refractivity contribution is 8.03. The summed E-state index contributed by atoms with van der Waals surface area (Å²) in [6.45, 7) is 5.78. The number of carbonyl (C=O) groups is 1. The van der Waals surface area contributed by atoms with Crippen LogP contribution in [0.5, 0.6) is 0 Å². The van der Waals surface area contributed by atoms with Gasteiger partial charge in [0.2, 0.25) is 5.91 Å². The summed E-state index contributed by atoms with van der Waals surface area (Å²) in [7, 11) is 2.16. The van der Waals surface area contributed by atoms with Crippen LogP contribution in [-0.4, -0.2) is 42.7 Å². The number of hydrogen-bond acceptors (Lipinski definition) is 3. The van der Waals surface area contributed by atoms with E-state index in [4.69, 9.17) is 0 Å². The Kier molecular flexibility index (Phi) is 11.4. The number of thioether (sulfide) groups is 1. The Morgan fingerprint density at radius 2 is 2.29 bits per heavy atom. The molecule has 2 rings (SSSR count). The highest BCUT2D eigenvalue weighted by Crippen LogP contribution is 2.19. The van der Waals surface area contributed by atoms with E-state index in [1.54, 1.807) is 6.92 Å². The van der Waals surface area contributed by atoms with Gasteiger partial charge >= 0.3 is 0 Å². The van der Waals surface area contributed by atoms with E-state index in [0.717, 1.165) is 38.0 Å². The first-order chi connectivity index (χ1) is 11.6. The Labute approximate surface area is 152 Å². The lowest BCUT2D eigenvalue weighted by molar-refractivity contribution is -0.119. The Morgan fingerprint density at radius 1 is 1.46 bits per heavy atom. The smallest absolute Gasteiger partial charge is 0.216 e. The minimum atomic E-state index is 0.0793. The zero-order valence-electron chi connectivity index (χ0n) is 15.4. The SMILES string of the molecule is CC(=O)NCCC1CCCN1C.CCS/C1=C/C=C\CCC#CC1. The van der Waals surface area contributed by atoms with Crippen molar-refractivity contribution in [2.24, 2.45) is 0 Å². The van der Waals surface area contributed by atoms with Crippen molar-refractivity contribution in [2.75, 3.05) is 25.9 Å². The van der Waals surface area contributed by atoms with Crippen molar-refractivity contribution >= 4 is 17.7 Å². The molecule has 24 heavy (non-hydrogen) atoms.